The van der Waals surface area contributed by atoms with Gasteiger partial charge in [-0.1, -0.05) is 24.3 Å². The van der Waals surface area contributed by atoms with Crippen LogP contribution in [0.1, 0.15) is 5.69 Å². The molecule has 0 saturated carbocycles. The highest BCUT2D eigenvalue weighted by Gasteiger charge is 2.22. The Bertz CT molecular complexity index is 889. The molecule has 27 heavy (non-hydrogen) atoms. The zero-order valence-corrected chi connectivity index (χ0v) is 15.5. The molecule has 138 valence electrons. The molecule has 3 heterocycles. The molecule has 4 rings (SSSR count). The average Bonchev–Trinajstić information content (AvgIpc) is 2.75. The minimum atomic E-state index is -0.361. The Hall–Kier alpha value is -2.51. The first-order valence-electron chi connectivity index (χ1n) is 8.79. The maximum absolute atomic E-state index is 15.2. The van der Waals surface area contributed by atoms with Crippen molar-refractivity contribution in [2.75, 3.05) is 31.2 Å². The van der Waals surface area contributed by atoms with Crippen molar-refractivity contribution in [2.45, 2.75) is 10.6 Å². The fraction of sp³-hybridized carbons (Fsp3) is 0.250. The number of aromatic nitrogens is 3. The van der Waals surface area contributed by atoms with E-state index in [9.17, 15) is 0 Å². The van der Waals surface area contributed by atoms with Crippen molar-refractivity contribution in [1.82, 2.24) is 15.0 Å². The molecule has 0 atom stereocenters. The summed E-state index contributed by atoms with van der Waals surface area (Å²) >= 11 is 1.55. The Morgan fingerprint density at radius 3 is 2.52 bits per heavy atom. The summed E-state index contributed by atoms with van der Waals surface area (Å²) in [6, 6.07) is 15.5. The molecule has 1 aliphatic rings. The molecule has 1 aromatic carbocycles. The third-order valence-corrected chi connectivity index (χ3v) is 5.25. The monoisotopic (exact) mass is 382 g/mol. The molecule has 1 aliphatic heterocycles. The summed E-state index contributed by atoms with van der Waals surface area (Å²) in [6.45, 7) is 2.36. The maximum Gasteiger partial charge on any atom is 0.188 e. The van der Waals surface area contributed by atoms with Crippen LogP contribution in [0, 0.1) is 5.82 Å². The predicted octanol–water partition coefficient (Wildman–Crippen LogP) is 3.81. The third-order valence-electron chi connectivity index (χ3n) is 4.23. The van der Waals surface area contributed by atoms with Crippen LogP contribution in [0.3, 0.4) is 0 Å². The van der Waals surface area contributed by atoms with Crippen LogP contribution in [-0.4, -0.2) is 41.3 Å². The molecule has 2 aromatic heterocycles. The van der Waals surface area contributed by atoms with Crippen molar-refractivity contribution in [3.05, 3.63) is 66.2 Å². The minimum Gasteiger partial charge on any atom is -0.378 e. The van der Waals surface area contributed by atoms with E-state index in [0.717, 1.165) is 4.90 Å². The van der Waals surface area contributed by atoms with Crippen LogP contribution >= 0.6 is 11.8 Å². The van der Waals surface area contributed by atoms with Gasteiger partial charge in [0, 0.05) is 29.9 Å². The Morgan fingerprint density at radius 2 is 1.78 bits per heavy atom. The van der Waals surface area contributed by atoms with Gasteiger partial charge in [0.15, 0.2) is 17.5 Å². The number of benzene rings is 1. The Kier molecular flexibility index (Phi) is 5.60. The molecular weight excluding hydrogens is 363 g/mol. The summed E-state index contributed by atoms with van der Waals surface area (Å²) in [6.07, 6.45) is 1.69. The van der Waals surface area contributed by atoms with Gasteiger partial charge in [-0.15, -0.1) is 11.8 Å². The van der Waals surface area contributed by atoms with Crippen LogP contribution in [0.2, 0.25) is 0 Å². The second kappa shape index (κ2) is 8.45. The number of anilines is 1. The summed E-state index contributed by atoms with van der Waals surface area (Å²) in [4.78, 5) is 16.3. The molecule has 0 amide bonds. The van der Waals surface area contributed by atoms with E-state index >= 15 is 4.39 Å². The Morgan fingerprint density at radius 1 is 1.00 bits per heavy atom. The summed E-state index contributed by atoms with van der Waals surface area (Å²) < 4.78 is 20.6. The van der Waals surface area contributed by atoms with Crippen molar-refractivity contribution in [1.29, 1.82) is 0 Å². The van der Waals surface area contributed by atoms with Gasteiger partial charge in [-0.05, 0) is 24.3 Å². The van der Waals surface area contributed by atoms with Gasteiger partial charge in [0.1, 0.15) is 5.69 Å². The predicted molar refractivity (Wildman–Crippen MR) is 104 cm³/mol. The van der Waals surface area contributed by atoms with E-state index < -0.39 is 0 Å². The average molecular weight is 382 g/mol. The summed E-state index contributed by atoms with van der Waals surface area (Å²) in [7, 11) is 0. The van der Waals surface area contributed by atoms with Crippen LogP contribution < -0.4 is 4.90 Å². The Balaban J connectivity index is 1.69. The van der Waals surface area contributed by atoms with Gasteiger partial charge >= 0.3 is 0 Å². The lowest BCUT2D eigenvalue weighted by molar-refractivity contribution is 0.122. The van der Waals surface area contributed by atoms with Gasteiger partial charge in [0.25, 0.3) is 0 Å². The first kappa shape index (κ1) is 17.9. The van der Waals surface area contributed by atoms with E-state index in [-0.39, 0.29) is 5.82 Å². The fourth-order valence-electron chi connectivity index (χ4n) is 2.84. The highest BCUT2D eigenvalue weighted by atomic mass is 32.2. The van der Waals surface area contributed by atoms with Crippen molar-refractivity contribution >= 4 is 17.6 Å². The SMILES string of the molecule is Fc1c(CSc2ccccc2)nc(-c2ccccn2)nc1N1CCOCC1. The highest BCUT2D eigenvalue weighted by molar-refractivity contribution is 7.98. The summed E-state index contributed by atoms with van der Waals surface area (Å²) in [5.74, 6) is 0.843. The normalized spacial score (nSPS) is 14.3. The van der Waals surface area contributed by atoms with Crippen LogP contribution in [0.15, 0.2) is 59.6 Å². The lowest BCUT2D eigenvalue weighted by atomic mass is 10.3. The molecule has 0 radical (unpaired) electrons. The molecule has 3 aromatic rings. The van der Waals surface area contributed by atoms with Crippen molar-refractivity contribution in [3.63, 3.8) is 0 Å². The van der Waals surface area contributed by atoms with Crippen LogP contribution in [-0.2, 0) is 10.5 Å². The number of nitrogens with zero attached hydrogens (tertiary/aromatic N) is 4. The molecular formula is C20H19FN4OS. The maximum atomic E-state index is 15.2. The van der Waals surface area contributed by atoms with Gasteiger partial charge in [0.05, 0.1) is 18.9 Å². The van der Waals surface area contributed by atoms with E-state index in [1.807, 2.05) is 53.4 Å². The van der Waals surface area contributed by atoms with Crippen molar-refractivity contribution < 1.29 is 9.13 Å². The third kappa shape index (κ3) is 4.26. The second-order valence-corrected chi connectivity index (χ2v) is 7.10. The minimum absolute atomic E-state index is 0.331. The second-order valence-electron chi connectivity index (χ2n) is 6.05. The number of pyridine rings is 1. The molecule has 0 bridgehead atoms. The summed E-state index contributed by atoms with van der Waals surface area (Å²) in [5.41, 5.74) is 1.03. The van der Waals surface area contributed by atoms with Crippen molar-refractivity contribution in [3.8, 4) is 11.5 Å². The van der Waals surface area contributed by atoms with E-state index in [1.165, 1.54) is 0 Å². The standard InChI is InChI=1S/C20H19FN4OS/c21-18-17(14-27-15-6-2-1-3-7-15)23-19(16-8-4-5-9-22-16)24-20(18)25-10-12-26-13-11-25/h1-9H,10-14H2. The smallest absolute Gasteiger partial charge is 0.188 e. The molecule has 1 fully saturated rings. The van der Waals surface area contributed by atoms with E-state index in [4.69, 9.17) is 4.74 Å². The van der Waals surface area contributed by atoms with E-state index in [2.05, 4.69) is 15.0 Å². The first-order chi connectivity index (χ1) is 13.3. The molecule has 0 unspecified atom stereocenters. The fourth-order valence-corrected chi connectivity index (χ4v) is 3.68. The van der Waals surface area contributed by atoms with Crippen LogP contribution in [0.25, 0.3) is 11.5 Å². The van der Waals surface area contributed by atoms with Gasteiger partial charge in [0.2, 0.25) is 0 Å². The largest absolute Gasteiger partial charge is 0.378 e. The lowest BCUT2D eigenvalue weighted by Crippen LogP contribution is -2.37. The zero-order valence-electron chi connectivity index (χ0n) is 14.7. The molecule has 0 aliphatic carbocycles. The number of hydrogen-bond donors (Lipinski definition) is 0. The molecule has 7 heteroatoms. The van der Waals surface area contributed by atoms with Crippen LogP contribution in [0.5, 0.6) is 0 Å². The highest BCUT2D eigenvalue weighted by Crippen LogP contribution is 2.28. The number of morpholine rings is 1. The number of thioether (sulfide) groups is 1. The number of hydrogen-bond acceptors (Lipinski definition) is 6. The first-order valence-corrected chi connectivity index (χ1v) is 9.78. The van der Waals surface area contributed by atoms with Gasteiger partial charge in [-0.3, -0.25) is 4.98 Å². The lowest BCUT2D eigenvalue weighted by Gasteiger charge is -2.28. The van der Waals surface area contributed by atoms with Gasteiger partial charge in [-0.2, -0.15) is 0 Å². The molecule has 5 nitrogen and oxygen atoms in total. The summed E-state index contributed by atoms with van der Waals surface area (Å²) in [5, 5.41) is 0. The topological polar surface area (TPSA) is 51.1 Å². The zero-order chi connectivity index (χ0) is 18.5. The van der Waals surface area contributed by atoms with Gasteiger partial charge in [-0.25, -0.2) is 14.4 Å². The Labute approximate surface area is 161 Å². The van der Waals surface area contributed by atoms with Crippen LogP contribution in [0.4, 0.5) is 10.2 Å². The molecule has 0 spiro atoms. The molecule has 0 N–H and O–H groups in total. The number of rotatable bonds is 5. The van der Waals surface area contributed by atoms with E-state index in [1.54, 1.807) is 18.0 Å². The number of halogens is 1. The quantitative estimate of drug-likeness (QED) is 0.626. The van der Waals surface area contributed by atoms with Gasteiger partial charge < -0.3 is 9.64 Å². The van der Waals surface area contributed by atoms with E-state index in [0.29, 0.717) is 55.1 Å². The molecule has 1 saturated heterocycles. The van der Waals surface area contributed by atoms with Crippen molar-refractivity contribution in [2.24, 2.45) is 0 Å². The number of ether oxygens (including phenoxy) is 1.